The van der Waals surface area contributed by atoms with E-state index in [0.717, 1.165) is 17.4 Å². The Morgan fingerprint density at radius 3 is 2.77 bits per heavy atom. The number of carbonyl (C=O) groups excluding carboxylic acids is 1. The molecular weight excluding hydrogens is 431 g/mol. The van der Waals surface area contributed by atoms with Gasteiger partial charge in [0.25, 0.3) is 5.91 Å². The summed E-state index contributed by atoms with van der Waals surface area (Å²) in [5.41, 5.74) is 5.98. The van der Waals surface area contributed by atoms with Crippen molar-refractivity contribution >= 4 is 29.3 Å². The lowest BCUT2D eigenvalue weighted by Crippen LogP contribution is -2.13. The Morgan fingerprint density at radius 2 is 2.06 bits per heavy atom. The van der Waals surface area contributed by atoms with Crippen molar-refractivity contribution in [3.8, 4) is 5.75 Å². The molecule has 31 heavy (non-hydrogen) atoms. The largest absolute Gasteiger partial charge is 0.500 e. The highest BCUT2D eigenvalue weighted by molar-refractivity contribution is 7.14. The maximum absolute atomic E-state index is 13.2. The van der Waals surface area contributed by atoms with Crippen LogP contribution >= 0.6 is 11.3 Å². The molecule has 1 unspecified atom stereocenters. The Kier molecular flexibility index (Phi) is 5.40. The van der Waals surface area contributed by atoms with Gasteiger partial charge >= 0.3 is 6.18 Å². The molecule has 6 nitrogen and oxygen atoms in total. The van der Waals surface area contributed by atoms with Gasteiger partial charge in [-0.15, -0.1) is 11.3 Å². The van der Waals surface area contributed by atoms with Crippen LogP contribution in [0.4, 0.5) is 13.2 Å². The van der Waals surface area contributed by atoms with E-state index in [1.165, 1.54) is 31.6 Å². The fourth-order valence-corrected chi connectivity index (χ4v) is 4.33. The molecule has 4 rings (SSSR count). The molecule has 1 aromatic carbocycles. The number of rotatable bonds is 6. The molecule has 1 atom stereocenters. The van der Waals surface area contributed by atoms with E-state index in [4.69, 9.17) is 15.2 Å². The number of ether oxygens (including phenoxy) is 2. The van der Waals surface area contributed by atoms with Crippen LogP contribution in [-0.2, 0) is 17.5 Å². The molecule has 1 aliphatic heterocycles. The normalized spacial score (nSPS) is 17.5. The third kappa shape index (κ3) is 4.11. The van der Waals surface area contributed by atoms with Gasteiger partial charge in [-0.2, -0.15) is 13.2 Å². The minimum absolute atomic E-state index is 0.0448. The van der Waals surface area contributed by atoms with Crippen LogP contribution in [0, 0.1) is 0 Å². The first kappa shape index (κ1) is 20.9. The lowest BCUT2D eigenvalue weighted by Gasteiger charge is -2.19. The molecule has 0 radical (unpaired) electrons. The first-order valence-electron chi connectivity index (χ1n) is 9.07. The number of hydrogen-bond donors (Lipinski definition) is 1. The van der Waals surface area contributed by atoms with Gasteiger partial charge in [0.2, 0.25) is 0 Å². The lowest BCUT2D eigenvalue weighted by atomic mass is 9.96. The Balaban J connectivity index is 1.65. The van der Waals surface area contributed by atoms with Crippen molar-refractivity contribution in [3.05, 3.63) is 74.8 Å². The number of aliphatic imine (C=N–C) groups is 2. The number of hydrogen-bond acceptors (Lipinski definition) is 6. The van der Waals surface area contributed by atoms with E-state index in [-0.39, 0.29) is 28.7 Å². The van der Waals surface area contributed by atoms with Crippen LogP contribution in [0.25, 0.3) is 0 Å². The van der Waals surface area contributed by atoms with E-state index in [0.29, 0.717) is 22.0 Å². The van der Waals surface area contributed by atoms with E-state index in [2.05, 4.69) is 9.98 Å². The minimum Gasteiger partial charge on any atom is -0.500 e. The van der Waals surface area contributed by atoms with Crippen LogP contribution in [0.5, 0.6) is 5.75 Å². The van der Waals surface area contributed by atoms with Gasteiger partial charge in [-0.25, -0.2) is 9.98 Å². The average Bonchev–Trinajstić information content (AvgIpc) is 3.37. The molecule has 2 N–H and O–H groups in total. The lowest BCUT2D eigenvalue weighted by molar-refractivity contribution is -0.138. The van der Waals surface area contributed by atoms with E-state index < -0.39 is 17.6 Å². The van der Waals surface area contributed by atoms with Gasteiger partial charge in [0, 0.05) is 16.5 Å². The molecule has 0 spiro atoms. The zero-order chi connectivity index (χ0) is 22.2. The number of nitrogens with two attached hydrogens (primary N) is 1. The maximum atomic E-state index is 13.2. The molecule has 160 valence electrons. The van der Waals surface area contributed by atoms with Crippen LogP contribution < -0.4 is 10.5 Å². The fraction of sp³-hybridized carbons (Fsp3) is 0.190. The molecule has 0 saturated heterocycles. The van der Waals surface area contributed by atoms with Crippen LogP contribution in [0.3, 0.4) is 0 Å². The quantitative estimate of drug-likeness (QED) is 0.710. The molecule has 2 aromatic rings. The highest BCUT2D eigenvalue weighted by Crippen LogP contribution is 2.41. The molecule has 2 heterocycles. The van der Waals surface area contributed by atoms with E-state index in [1.807, 2.05) is 6.08 Å². The number of alkyl halides is 3. The SMILES string of the molecule is COC1=CC2=NC=NC2=CC1c1cc(OCc2ccccc2C(F)(F)F)c(C(N)=O)s1. The van der Waals surface area contributed by atoms with Gasteiger partial charge in [-0.1, -0.05) is 18.2 Å². The number of fused-ring (bicyclic) bond motifs is 1. The van der Waals surface area contributed by atoms with Crippen molar-refractivity contribution in [1.82, 2.24) is 0 Å². The summed E-state index contributed by atoms with van der Waals surface area (Å²) >= 11 is 1.09. The number of allylic oxidation sites excluding steroid dienone is 2. The summed E-state index contributed by atoms with van der Waals surface area (Å²) in [6.45, 7) is -0.369. The molecule has 0 fully saturated rings. The highest BCUT2D eigenvalue weighted by atomic mass is 32.1. The molecule has 1 aromatic heterocycles. The second kappa shape index (κ2) is 8.03. The number of amides is 1. The molecule has 1 amide bonds. The second-order valence-electron chi connectivity index (χ2n) is 6.69. The minimum atomic E-state index is -4.51. The number of nitrogens with zero attached hydrogens (tertiary/aromatic N) is 2. The van der Waals surface area contributed by atoms with Crippen LogP contribution in [-0.4, -0.2) is 25.1 Å². The number of thiophene rings is 1. The van der Waals surface area contributed by atoms with Crippen molar-refractivity contribution in [3.63, 3.8) is 0 Å². The number of primary amides is 1. The van der Waals surface area contributed by atoms with E-state index in [9.17, 15) is 18.0 Å². The Bertz CT molecular complexity index is 1160. The van der Waals surface area contributed by atoms with Gasteiger partial charge in [-0.05, 0) is 18.2 Å². The summed E-state index contributed by atoms with van der Waals surface area (Å²) in [7, 11) is 1.52. The summed E-state index contributed by atoms with van der Waals surface area (Å²) in [5.74, 6) is -0.396. The smallest absolute Gasteiger partial charge is 0.416 e. The third-order valence-electron chi connectivity index (χ3n) is 4.76. The first-order valence-corrected chi connectivity index (χ1v) is 9.89. The summed E-state index contributed by atoms with van der Waals surface area (Å²) in [6, 6.07) is 6.71. The summed E-state index contributed by atoms with van der Waals surface area (Å²) in [5, 5.41) is 0. The monoisotopic (exact) mass is 447 g/mol. The third-order valence-corrected chi connectivity index (χ3v) is 5.97. The van der Waals surface area contributed by atoms with Crippen molar-refractivity contribution in [2.24, 2.45) is 15.7 Å². The first-order chi connectivity index (χ1) is 14.8. The summed E-state index contributed by atoms with van der Waals surface area (Å²) < 4.78 is 50.8. The fourth-order valence-electron chi connectivity index (χ4n) is 3.30. The molecular formula is C21H16F3N3O3S. The maximum Gasteiger partial charge on any atom is 0.416 e. The highest BCUT2D eigenvalue weighted by Gasteiger charge is 2.33. The zero-order valence-corrected chi connectivity index (χ0v) is 17.0. The van der Waals surface area contributed by atoms with E-state index in [1.54, 1.807) is 12.1 Å². The van der Waals surface area contributed by atoms with Gasteiger partial charge in [-0.3, -0.25) is 4.79 Å². The number of carbonyl (C=O) groups is 1. The summed E-state index contributed by atoms with van der Waals surface area (Å²) in [4.78, 5) is 21.1. The zero-order valence-electron chi connectivity index (χ0n) is 16.1. The number of methoxy groups -OCH3 is 1. The number of halogens is 3. The van der Waals surface area contributed by atoms with Crippen molar-refractivity contribution < 1.29 is 27.4 Å². The predicted octanol–water partition coefficient (Wildman–Crippen LogP) is 4.44. The van der Waals surface area contributed by atoms with Crippen molar-refractivity contribution in [2.75, 3.05) is 7.11 Å². The molecule has 2 aliphatic rings. The van der Waals surface area contributed by atoms with Crippen LogP contribution in [0.2, 0.25) is 0 Å². The van der Waals surface area contributed by atoms with Gasteiger partial charge in [0.15, 0.2) is 0 Å². The predicted molar refractivity (Wildman–Crippen MR) is 110 cm³/mol. The number of benzene rings is 1. The molecule has 0 saturated carbocycles. The summed E-state index contributed by atoms with van der Waals surface area (Å²) in [6.07, 6.45) is 0.500. The average molecular weight is 447 g/mol. The van der Waals surface area contributed by atoms with Gasteiger partial charge in [0.05, 0.1) is 30.0 Å². The van der Waals surface area contributed by atoms with Gasteiger partial charge < -0.3 is 15.2 Å². The van der Waals surface area contributed by atoms with E-state index >= 15 is 0 Å². The standard InChI is InChI=1S/C21H16F3N3O3S/c1-29-16-7-15-14(26-10-27-15)6-12(16)18-8-17(19(31-18)20(25)28)30-9-11-4-2-3-5-13(11)21(22,23)24/h2-8,10,12H,9H2,1H3,(H2,25,28). The second-order valence-corrected chi connectivity index (χ2v) is 7.77. The molecule has 1 aliphatic carbocycles. The Labute approximate surface area is 179 Å². The van der Waals surface area contributed by atoms with Crippen LogP contribution in [0.15, 0.2) is 63.9 Å². The van der Waals surface area contributed by atoms with Crippen molar-refractivity contribution in [2.45, 2.75) is 18.7 Å². The van der Waals surface area contributed by atoms with Crippen molar-refractivity contribution in [1.29, 1.82) is 0 Å². The Morgan fingerprint density at radius 1 is 1.29 bits per heavy atom. The Hall–Kier alpha value is -3.40. The van der Waals surface area contributed by atoms with Crippen LogP contribution in [0.1, 0.15) is 31.6 Å². The molecule has 10 heteroatoms. The topological polar surface area (TPSA) is 86.3 Å². The van der Waals surface area contributed by atoms with Gasteiger partial charge in [0.1, 0.15) is 29.3 Å². The molecule has 0 bridgehead atoms.